The molecule has 0 saturated carbocycles. The molecule has 2 nitrogen and oxygen atoms in total. The molecule has 1 aromatic carbocycles. The molecule has 1 aromatic rings. The van der Waals surface area contributed by atoms with E-state index in [9.17, 15) is 0 Å². The van der Waals surface area contributed by atoms with Gasteiger partial charge in [-0.05, 0) is 12.5 Å². The summed E-state index contributed by atoms with van der Waals surface area (Å²) in [6.45, 7) is 1.86. The monoisotopic (exact) mass is 166 g/mol. The fourth-order valence-corrected chi connectivity index (χ4v) is 1.06. The van der Waals surface area contributed by atoms with Crippen LogP contribution >= 0.6 is 0 Å². The number of hydrogen-bond donors (Lipinski definition) is 1. The number of benzene rings is 1. The van der Waals surface area contributed by atoms with Crippen molar-refractivity contribution in [3.63, 3.8) is 0 Å². The Morgan fingerprint density at radius 2 is 1.92 bits per heavy atom. The van der Waals surface area contributed by atoms with E-state index in [1.165, 1.54) is 0 Å². The number of aliphatic hydroxyl groups is 1. The Kier molecular flexibility index (Phi) is 2.84. The molecule has 1 atom stereocenters. The summed E-state index contributed by atoms with van der Waals surface area (Å²) in [6, 6.07) is 9.70. The molecule has 0 unspecified atom stereocenters. The number of hydrogen-bond acceptors (Lipinski definition) is 2. The topological polar surface area (TPSA) is 29.5 Å². The molecule has 0 aliphatic heterocycles. The van der Waals surface area contributed by atoms with E-state index in [0.717, 1.165) is 5.56 Å². The molecule has 0 fully saturated rings. The Balaban J connectivity index is 2.95. The Bertz CT molecular complexity index is 227. The van der Waals surface area contributed by atoms with E-state index < -0.39 is 5.60 Å². The van der Waals surface area contributed by atoms with Gasteiger partial charge in [0.05, 0.1) is 6.61 Å². The van der Waals surface area contributed by atoms with Gasteiger partial charge in [-0.2, -0.15) is 0 Å². The summed E-state index contributed by atoms with van der Waals surface area (Å²) in [5, 5.41) is 9.11. The average Bonchev–Trinajstić information content (AvgIpc) is 2.18. The van der Waals surface area contributed by atoms with E-state index in [4.69, 9.17) is 9.84 Å². The van der Waals surface area contributed by atoms with Crippen molar-refractivity contribution in [3.8, 4) is 0 Å². The molecule has 12 heavy (non-hydrogen) atoms. The highest BCUT2D eigenvalue weighted by Gasteiger charge is 2.24. The molecular formula is C10H14O2. The van der Waals surface area contributed by atoms with Gasteiger partial charge in [0.1, 0.15) is 5.60 Å². The molecule has 0 spiro atoms. The SMILES string of the molecule is CO[C@@](C)(CO)c1ccccc1. The van der Waals surface area contributed by atoms with Crippen molar-refractivity contribution in [2.75, 3.05) is 13.7 Å². The van der Waals surface area contributed by atoms with Gasteiger partial charge in [0.25, 0.3) is 0 Å². The molecule has 0 saturated heterocycles. The van der Waals surface area contributed by atoms with Crippen LogP contribution in [-0.4, -0.2) is 18.8 Å². The molecule has 0 aliphatic rings. The van der Waals surface area contributed by atoms with E-state index in [1.54, 1.807) is 7.11 Å². The van der Waals surface area contributed by atoms with E-state index in [-0.39, 0.29) is 6.61 Å². The third-order valence-corrected chi connectivity index (χ3v) is 2.14. The Labute approximate surface area is 72.8 Å². The van der Waals surface area contributed by atoms with Crippen LogP contribution in [0.1, 0.15) is 12.5 Å². The summed E-state index contributed by atoms with van der Waals surface area (Å²) in [5.41, 5.74) is 0.427. The summed E-state index contributed by atoms with van der Waals surface area (Å²) in [7, 11) is 1.60. The number of rotatable bonds is 3. The van der Waals surface area contributed by atoms with Crippen molar-refractivity contribution in [2.24, 2.45) is 0 Å². The van der Waals surface area contributed by atoms with E-state index in [0.29, 0.717) is 0 Å². The minimum Gasteiger partial charge on any atom is -0.393 e. The number of ether oxygens (including phenoxy) is 1. The van der Waals surface area contributed by atoms with Gasteiger partial charge in [0.2, 0.25) is 0 Å². The molecule has 66 valence electrons. The van der Waals surface area contributed by atoms with Gasteiger partial charge >= 0.3 is 0 Å². The van der Waals surface area contributed by atoms with Gasteiger partial charge in [-0.15, -0.1) is 0 Å². The molecule has 0 radical (unpaired) electrons. The van der Waals surface area contributed by atoms with Crippen molar-refractivity contribution in [1.82, 2.24) is 0 Å². The summed E-state index contributed by atoms with van der Waals surface area (Å²) in [5.74, 6) is 0. The molecule has 1 N–H and O–H groups in total. The normalized spacial score (nSPS) is 15.6. The zero-order valence-corrected chi connectivity index (χ0v) is 7.45. The van der Waals surface area contributed by atoms with E-state index in [2.05, 4.69) is 0 Å². The van der Waals surface area contributed by atoms with Crippen LogP contribution in [0.2, 0.25) is 0 Å². The fraction of sp³-hybridized carbons (Fsp3) is 0.400. The maximum Gasteiger partial charge on any atom is 0.113 e. The van der Waals surface area contributed by atoms with Crippen molar-refractivity contribution >= 4 is 0 Å². The molecule has 0 bridgehead atoms. The second kappa shape index (κ2) is 3.70. The van der Waals surface area contributed by atoms with Crippen LogP contribution in [0.4, 0.5) is 0 Å². The highest BCUT2D eigenvalue weighted by molar-refractivity contribution is 5.21. The maximum atomic E-state index is 9.11. The van der Waals surface area contributed by atoms with Crippen LogP contribution in [0.25, 0.3) is 0 Å². The van der Waals surface area contributed by atoms with Gasteiger partial charge in [0.15, 0.2) is 0 Å². The third-order valence-electron chi connectivity index (χ3n) is 2.14. The minimum absolute atomic E-state index is 0.00644. The van der Waals surface area contributed by atoms with E-state index >= 15 is 0 Å². The Morgan fingerprint density at radius 1 is 1.33 bits per heavy atom. The maximum absolute atomic E-state index is 9.11. The number of methoxy groups -OCH3 is 1. The van der Waals surface area contributed by atoms with Crippen molar-refractivity contribution in [2.45, 2.75) is 12.5 Å². The molecule has 0 amide bonds. The predicted molar refractivity (Wildman–Crippen MR) is 47.9 cm³/mol. The van der Waals surface area contributed by atoms with Crippen LogP contribution in [0.5, 0.6) is 0 Å². The molecule has 0 aromatic heterocycles. The second-order valence-electron chi connectivity index (χ2n) is 2.96. The standard InChI is InChI=1S/C10H14O2/c1-10(8-11,12-2)9-6-4-3-5-7-9/h3-7,11H,8H2,1-2H3/t10-/m0/s1. The second-order valence-corrected chi connectivity index (χ2v) is 2.96. The zero-order valence-electron chi connectivity index (χ0n) is 7.45. The number of aliphatic hydroxyl groups excluding tert-OH is 1. The lowest BCUT2D eigenvalue weighted by Crippen LogP contribution is -2.28. The lowest BCUT2D eigenvalue weighted by Gasteiger charge is -2.25. The van der Waals surface area contributed by atoms with Crippen LogP contribution < -0.4 is 0 Å². The average molecular weight is 166 g/mol. The van der Waals surface area contributed by atoms with Crippen molar-refractivity contribution < 1.29 is 9.84 Å². The van der Waals surface area contributed by atoms with Crippen LogP contribution in [-0.2, 0) is 10.3 Å². The van der Waals surface area contributed by atoms with Crippen LogP contribution in [0.15, 0.2) is 30.3 Å². The third kappa shape index (κ3) is 1.65. The first-order valence-corrected chi connectivity index (χ1v) is 3.94. The molecular weight excluding hydrogens is 152 g/mol. The minimum atomic E-state index is -0.568. The lowest BCUT2D eigenvalue weighted by atomic mass is 9.97. The highest BCUT2D eigenvalue weighted by atomic mass is 16.5. The van der Waals surface area contributed by atoms with Crippen molar-refractivity contribution in [3.05, 3.63) is 35.9 Å². The highest BCUT2D eigenvalue weighted by Crippen LogP contribution is 2.22. The largest absolute Gasteiger partial charge is 0.393 e. The summed E-state index contributed by atoms with van der Waals surface area (Å²) in [6.07, 6.45) is 0. The zero-order chi connectivity index (χ0) is 9.03. The van der Waals surface area contributed by atoms with Crippen molar-refractivity contribution in [1.29, 1.82) is 0 Å². The van der Waals surface area contributed by atoms with Gasteiger partial charge < -0.3 is 9.84 Å². The van der Waals surface area contributed by atoms with Crippen LogP contribution in [0.3, 0.4) is 0 Å². The van der Waals surface area contributed by atoms with Gasteiger partial charge in [-0.3, -0.25) is 0 Å². The molecule has 0 heterocycles. The van der Waals surface area contributed by atoms with Gasteiger partial charge in [-0.25, -0.2) is 0 Å². The fourth-order valence-electron chi connectivity index (χ4n) is 1.06. The van der Waals surface area contributed by atoms with Crippen LogP contribution in [0, 0.1) is 0 Å². The molecule has 0 aliphatic carbocycles. The Morgan fingerprint density at radius 3 is 2.33 bits per heavy atom. The first-order chi connectivity index (χ1) is 5.73. The lowest BCUT2D eigenvalue weighted by molar-refractivity contribution is -0.0422. The quantitative estimate of drug-likeness (QED) is 0.738. The summed E-state index contributed by atoms with van der Waals surface area (Å²) < 4.78 is 5.22. The first kappa shape index (κ1) is 9.23. The van der Waals surface area contributed by atoms with Gasteiger partial charge in [-0.1, -0.05) is 30.3 Å². The summed E-state index contributed by atoms with van der Waals surface area (Å²) in [4.78, 5) is 0. The first-order valence-electron chi connectivity index (χ1n) is 3.94. The smallest absolute Gasteiger partial charge is 0.113 e. The molecule has 2 heteroatoms. The van der Waals surface area contributed by atoms with Gasteiger partial charge in [0, 0.05) is 7.11 Å². The van der Waals surface area contributed by atoms with E-state index in [1.807, 2.05) is 37.3 Å². The Hall–Kier alpha value is -0.860. The molecule has 1 rings (SSSR count). The predicted octanol–water partition coefficient (Wildman–Crippen LogP) is 1.54. The summed E-state index contributed by atoms with van der Waals surface area (Å²) >= 11 is 0.